The first kappa shape index (κ1) is 21.1. The number of ketones is 2. The van der Waals surface area contributed by atoms with E-state index in [4.69, 9.17) is 0 Å². The van der Waals surface area contributed by atoms with Crippen molar-refractivity contribution < 1.29 is 19.8 Å². The van der Waals surface area contributed by atoms with Crippen molar-refractivity contribution in [3.05, 3.63) is 83.0 Å². The van der Waals surface area contributed by atoms with Crippen molar-refractivity contribution in [3.8, 4) is 5.75 Å². The van der Waals surface area contributed by atoms with Crippen LogP contribution in [0.5, 0.6) is 5.75 Å². The standard InChI is InChI=1S/C27H28O4Si/c1-26(32(2,3)17-8-5-4-6-9-17)14-13-20-22-19(12-15-27(20,31)16-26)25(30)23-18(24(22)29)10-7-11-21(23)28/h4-12,15,20,28,31H,13-14,16H2,1-3H3/t20-,26-,27+/m0/s1. The monoisotopic (exact) mass is 444 g/mol. The molecular weight excluding hydrogens is 416 g/mol. The summed E-state index contributed by atoms with van der Waals surface area (Å²) in [5, 5.41) is 23.4. The quantitative estimate of drug-likeness (QED) is 0.667. The molecular formula is C27H28O4Si. The maximum absolute atomic E-state index is 13.5. The van der Waals surface area contributed by atoms with Crippen molar-refractivity contribution in [1.29, 1.82) is 0 Å². The Balaban J connectivity index is 1.55. The van der Waals surface area contributed by atoms with Gasteiger partial charge in [-0.1, -0.05) is 79.8 Å². The number of benzene rings is 2. The summed E-state index contributed by atoms with van der Waals surface area (Å²) in [6.45, 7) is 6.99. The summed E-state index contributed by atoms with van der Waals surface area (Å²) >= 11 is 0. The second kappa shape index (κ2) is 6.87. The van der Waals surface area contributed by atoms with E-state index < -0.39 is 19.6 Å². The van der Waals surface area contributed by atoms with Crippen molar-refractivity contribution in [2.45, 2.75) is 49.9 Å². The molecule has 4 nitrogen and oxygen atoms in total. The van der Waals surface area contributed by atoms with E-state index in [9.17, 15) is 19.8 Å². The Morgan fingerprint density at radius 3 is 2.44 bits per heavy atom. The predicted molar refractivity (Wildman–Crippen MR) is 127 cm³/mol. The molecule has 1 saturated carbocycles. The van der Waals surface area contributed by atoms with Gasteiger partial charge in [0, 0.05) is 22.6 Å². The second-order valence-corrected chi connectivity index (χ2v) is 15.4. The lowest BCUT2D eigenvalue weighted by molar-refractivity contribution is -0.00689. The number of hydrogen-bond donors (Lipinski definition) is 2. The highest BCUT2D eigenvalue weighted by atomic mass is 28.3. The summed E-state index contributed by atoms with van der Waals surface area (Å²) in [4.78, 5) is 26.6. The summed E-state index contributed by atoms with van der Waals surface area (Å²) in [6.07, 6.45) is 5.43. The second-order valence-electron chi connectivity index (χ2n) is 10.3. The molecule has 3 aliphatic rings. The van der Waals surface area contributed by atoms with Crippen LogP contribution in [0.1, 0.15) is 46.9 Å². The highest BCUT2D eigenvalue weighted by Gasteiger charge is 2.57. The first-order valence-electron chi connectivity index (χ1n) is 11.2. The number of Topliss-reactive ketones (excluding diaryl/α,β-unsaturated/α-hetero) is 2. The normalized spacial score (nSPS) is 29.4. The Labute approximate surface area is 189 Å². The lowest BCUT2D eigenvalue weighted by Crippen LogP contribution is -2.58. The largest absolute Gasteiger partial charge is 0.507 e. The SMILES string of the molecule is C[C@]1([Si](C)(C)c2ccccc2)CC[C@H]2C3=C(C=C[C@@]2(O)C1)C(=O)c1c(O)cccc1C3=O. The van der Waals surface area contributed by atoms with Crippen LogP contribution in [0.25, 0.3) is 0 Å². The van der Waals surface area contributed by atoms with Crippen LogP contribution >= 0.6 is 0 Å². The number of aliphatic hydroxyl groups is 1. The molecule has 164 valence electrons. The van der Waals surface area contributed by atoms with Crippen molar-refractivity contribution in [2.75, 3.05) is 0 Å². The third-order valence-corrected chi connectivity index (χ3v) is 13.7. The molecule has 0 bridgehead atoms. The van der Waals surface area contributed by atoms with Gasteiger partial charge in [0.2, 0.25) is 0 Å². The molecule has 0 aliphatic heterocycles. The fourth-order valence-electron chi connectivity index (χ4n) is 6.09. The molecule has 3 aliphatic carbocycles. The molecule has 0 amide bonds. The first-order chi connectivity index (χ1) is 15.1. The van der Waals surface area contributed by atoms with E-state index in [1.165, 1.54) is 11.3 Å². The van der Waals surface area contributed by atoms with E-state index >= 15 is 0 Å². The average molecular weight is 445 g/mol. The van der Waals surface area contributed by atoms with Crippen molar-refractivity contribution in [2.24, 2.45) is 5.92 Å². The molecule has 2 aromatic rings. The Bertz CT molecular complexity index is 1210. The van der Waals surface area contributed by atoms with Crippen LogP contribution in [0.3, 0.4) is 0 Å². The minimum Gasteiger partial charge on any atom is -0.507 e. The average Bonchev–Trinajstić information content (AvgIpc) is 2.76. The number of fused-ring (bicyclic) bond motifs is 3. The van der Waals surface area contributed by atoms with Gasteiger partial charge in [0.05, 0.1) is 19.2 Å². The molecule has 2 aromatic carbocycles. The van der Waals surface area contributed by atoms with Crippen LogP contribution in [-0.4, -0.2) is 35.5 Å². The first-order valence-corrected chi connectivity index (χ1v) is 14.2. The molecule has 1 fully saturated rings. The fraction of sp³-hybridized carbons (Fsp3) is 0.333. The van der Waals surface area contributed by atoms with E-state index in [0.717, 1.165) is 6.42 Å². The topological polar surface area (TPSA) is 74.6 Å². The lowest BCUT2D eigenvalue weighted by atomic mass is 9.61. The molecule has 5 rings (SSSR count). The van der Waals surface area contributed by atoms with Crippen molar-refractivity contribution in [1.82, 2.24) is 0 Å². The van der Waals surface area contributed by atoms with Gasteiger partial charge in [-0.2, -0.15) is 0 Å². The number of phenolic OH excluding ortho intramolecular Hbond substituents is 1. The summed E-state index contributed by atoms with van der Waals surface area (Å²) in [6, 6.07) is 15.2. The van der Waals surface area contributed by atoms with E-state index in [0.29, 0.717) is 24.0 Å². The van der Waals surface area contributed by atoms with Crippen LogP contribution in [0.15, 0.2) is 71.8 Å². The maximum Gasteiger partial charge on any atom is 0.197 e. The zero-order valence-electron chi connectivity index (χ0n) is 18.7. The molecule has 0 spiro atoms. The van der Waals surface area contributed by atoms with Crippen LogP contribution in [0.4, 0.5) is 0 Å². The summed E-state index contributed by atoms with van der Waals surface area (Å²) in [5.41, 5.74) is -0.126. The van der Waals surface area contributed by atoms with Gasteiger partial charge in [0.15, 0.2) is 11.6 Å². The predicted octanol–water partition coefficient (Wildman–Crippen LogP) is 4.54. The third-order valence-electron chi connectivity index (χ3n) is 8.45. The van der Waals surface area contributed by atoms with Crippen LogP contribution in [-0.2, 0) is 0 Å². The van der Waals surface area contributed by atoms with Gasteiger partial charge in [0.25, 0.3) is 0 Å². The van der Waals surface area contributed by atoms with Gasteiger partial charge in [-0.05, 0) is 30.4 Å². The van der Waals surface area contributed by atoms with Gasteiger partial charge in [-0.3, -0.25) is 9.59 Å². The van der Waals surface area contributed by atoms with Crippen LogP contribution in [0.2, 0.25) is 18.1 Å². The summed E-state index contributed by atoms with van der Waals surface area (Å²) in [7, 11) is -1.96. The van der Waals surface area contributed by atoms with Gasteiger partial charge in [-0.15, -0.1) is 0 Å². The zero-order chi connectivity index (χ0) is 22.9. The molecule has 32 heavy (non-hydrogen) atoms. The van der Waals surface area contributed by atoms with Crippen LogP contribution in [0, 0.1) is 5.92 Å². The zero-order valence-corrected chi connectivity index (χ0v) is 19.7. The van der Waals surface area contributed by atoms with Crippen LogP contribution < -0.4 is 5.19 Å². The van der Waals surface area contributed by atoms with E-state index in [1.54, 1.807) is 24.3 Å². The summed E-state index contributed by atoms with van der Waals surface area (Å²) in [5.74, 6) is -1.17. The molecule has 0 unspecified atom stereocenters. The number of aromatic hydroxyl groups is 1. The third kappa shape index (κ3) is 2.77. The summed E-state index contributed by atoms with van der Waals surface area (Å²) < 4.78 is 0. The number of rotatable bonds is 2. The minimum atomic E-state index is -1.96. The smallest absolute Gasteiger partial charge is 0.197 e. The number of carbonyl (C=O) groups excluding carboxylic acids is 2. The Morgan fingerprint density at radius 2 is 1.72 bits per heavy atom. The Morgan fingerprint density at radius 1 is 1.00 bits per heavy atom. The number of hydrogen-bond acceptors (Lipinski definition) is 4. The molecule has 0 heterocycles. The molecule has 0 saturated heterocycles. The van der Waals surface area contributed by atoms with Gasteiger partial charge in [0.1, 0.15) is 5.75 Å². The molecule has 0 aromatic heterocycles. The molecule has 3 atom stereocenters. The highest BCUT2D eigenvalue weighted by molar-refractivity contribution is 6.92. The van der Waals surface area contributed by atoms with Gasteiger partial charge >= 0.3 is 0 Å². The number of carbonyl (C=O) groups is 2. The van der Waals surface area contributed by atoms with E-state index in [2.05, 4.69) is 44.3 Å². The highest BCUT2D eigenvalue weighted by Crippen LogP contribution is 2.58. The minimum absolute atomic E-state index is 0.0695. The van der Waals surface area contributed by atoms with E-state index in [-0.39, 0.29) is 33.5 Å². The van der Waals surface area contributed by atoms with Crippen molar-refractivity contribution >= 4 is 24.8 Å². The van der Waals surface area contributed by atoms with E-state index in [1.807, 2.05) is 6.07 Å². The van der Waals surface area contributed by atoms with Gasteiger partial charge in [-0.25, -0.2) is 0 Å². The Hall–Kier alpha value is -2.76. The Kier molecular flexibility index (Phi) is 4.53. The van der Waals surface area contributed by atoms with Gasteiger partial charge < -0.3 is 10.2 Å². The van der Waals surface area contributed by atoms with Crippen molar-refractivity contribution in [3.63, 3.8) is 0 Å². The number of allylic oxidation sites excluding steroid dienone is 2. The lowest BCUT2D eigenvalue weighted by Gasteiger charge is -2.54. The number of phenols is 1. The fourth-order valence-corrected chi connectivity index (χ4v) is 9.30. The maximum atomic E-state index is 13.5. The molecule has 0 radical (unpaired) electrons. The molecule has 2 N–H and O–H groups in total. The molecule has 5 heteroatoms.